The van der Waals surface area contributed by atoms with Gasteiger partial charge in [0.15, 0.2) is 0 Å². The summed E-state index contributed by atoms with van der Waals surface area (Å²) < 4.78 is 0. The Morgan fingerprint density at radius 1 is 1.60 bits per heavy atom. The van der Waals surface area contributed by atoms with Crippen molar-refractivity contribution in [1.82, 2.24) is 9.97 Å². The molecule has 0 aliphatic heterocycles. The summed E-state index contributed by atoms with van der Waals surface area (Å²) in [5.41, 5.74) is 0. The molecule has 0 fully saturated rings. The molecule has 0 aliphatic rings. The van der Waals surface area contributed by atoms with E-state index in [0.717, 1.165) is 0 Å². The summed E-state index contributed by atoms with van der Waals surface area (Å²) in [6, 6.07) is 0.960. The van der Waals surface area contributed by atoms with Crippen molar-refractivity contribution in [3.63, 3.8) is 0 Å². The molecule has 0 spiro atoms. The van der Waals surface area contributed by atoms with Gasteiger partial charge in [-0.25, -0.2) is 4.98 Å². The number of aliphatic carboxylic acids is 1. The molecule has 1 aromatic heterocycles. The average Bonchev–Trinajstić information content (AvgIpc) is 2.18. The van der Waals surface area contributed by atoms with Crippen LogP contribution in [0.3, 0.4) is 0 Å². The minimum Gasteiger partial charge on any atom is -0.480 e. The van der Waals surface area contributed by atoms with Crippen LogP contribution in [-0.2, 0) is 4.79 Å². The molecular weight excluding hydrogens is 196 g/mol. The fraction of sp³-hybridized carbons (Fsp3) is 0.444. The SMILES string of the molecule is C[C@@H](Nc1ccnc(N(C)C)n1)C(=O)O. The largest absolute Gasteiger partial charge is 0.480 e. The predicted octanol–water partition coefficient (Wildman–Crippen LogP) is 0.428. The Labute approximate surface area is 88.0 Å². The first-order valence-electron chi connectivity index (χ1n) is 4.50. The Balaban J connectivity index is 2.78. The highest BCUT2D eigenvalue weighted by molar-refractivity contribution is 5.76. The Kier molecular flexibility index (Phi) is 3.43. The molecule has 0 aliphatic carbocycles. The summed E-state index contributed by atoms with van der Waals surface area (Å²) in [5, 5.41) is 11.5. The monoisotopic (exact) mass is 210 g/mol. The maximum atomic E-state index is 10.6. The van der Waals surface area contributed by atoms with Crippen LogP contribution in [0.2, 0.25) is 0 Å². The van der Waals surface area contributed by atoms with E-state index in [0.29, 0.717) is 11.8 Å². The van der Waals surface area contributed by atoms with Gasteiger partial charge in [-0.2, -0.15) is 4.98 Å². The van der Waals surface area contributed by atoms with Crippen molar-refractivity contribution in [2.45, 2.75) is 13.0 Å². The lowest BCUT2D eigenvalue weighted by atomic mass is 10.3. The predicted molar refractivity (Wildman–Crippen MR) is 57.1 cm³/mol. The van der Waals surface area contributed by atoms with Crippen LogP contribution >= 0.6 is 0 Å². The number of hydrogen-bond donors (Lipinski definition) is 2. The molecule has 0 unspecified atom stereocenters. The van der Waals surface area contributed by atoms with Crippen LogP contribution < -0.4 is 10.2 Å². The molecular formula is C9H14N4O2. The molecule has 1 aromatic rings. The number of anilines is 2. The van der Waals surface area contributed by atoms with Gasteiger partial charge in [-0.1, -0.05) is 0 Å². The van der Waals surface area contributed by atoms with Crippen molar-refractivity contribution < 1.29 is 9.90 Å². The number of hydrogen-bond acceptors (Lipinski definition) is 5. The Morgan fingerprint density at radius 2 is 2.27 bits per heavy atom. The zero-order chi connectivity index (χ0) is 11.4. The summed E-state index contributed by atoms with van der Waals surface area (Å²) in [5.74, 6) is 0.126. The molecule has 82 valence electrons. The van der Waals surface area contributed by atoms with Crippen LogP contribution in [0.1, 0.15) is 6.92 Å². The van der Waals surface area contributed by atoms with Gasteiger partial charge in [-0.05, 0) is 13.0 Å². The van der Waals surface area contributed by atoms with Gasteiger partial charge >= 0.3 is 5.97 Å². The van der Waals surface area contributed by atoms with Gasteiger partial charge in [0.25, 0.3) is 0 Å². The van der Waals surface area contributed by atoms with Gasteiger partial charge in [0.05, 0.1) is 0 Å². The van der Waals surface area contributed by atoms with Gasteiger partial charge < -0.3 is 15.3 Å². The number of aromatic nitrogens is 2. The molecule has 15 heavy (non-hydrogen) atoms. The van der Waals surface area contributed by atoms with E-state index in [1.165, 1.54) is 0 Å². The number of carbonyl (C=O) groups is 1. The molecule has 1 atom stereocenters. The second-order valence-corrected chi connectivity index (χ2v) is 3.34. The highest BCUT2D eigenvalue weighted by Crippen LogP contribution is 2.08. The molecule has 0 radical (unpaired) electrons. The third-order valence-electron chi connectivity index (χ3n) is 1.78. The zero-order valence-electron chi connectivity index (χ0n) is 8.93. The van der Waals surface area contributed by atoms with E-state index in [9.17, 15) is 4.79 Å². The van der Waals surface area contributed by atoms with Crippen molar-refractivity contribution in [1.29, 1.82) is 0 Å². The van der Waals surface area contributed by atoms with E-state index >= 15 is 0 Å². The average molecular weight is 210 g/mol. The molecule has 1 heterocycles. The summed E-state index contributed by atoms with van der Waals surface area (Å²) in [6.45, 7) is 1.56. The second kappa shape index (κ2) is 4.59. The highest BCUT2D eigenvalue weighted by atomic mass is 16.4. The van der Waals surface area contributed by atoms with Gasteiger partial charge in [0, 0.05) is 20.3 Å². The number of rotatable bonds is 4. The second-order valence-electron chi connectivity index (χ2n) is 3.34. The standard InChI is InChI=1S/C9H14N4O2/c1-6(8(14)15)11-7-4-5-10-9(12-7)13(2)3/h4-6H,1-3H3,(H,14,15)(H,10,11,12)/t6-/m1/s1. The lowest BCUT2D eigenvalue weighted by molar-refractivity contribution is -0.137. The van der Waals surface area contributed by atoms with E-state index in [2.05, 4.69) is 15.3 Å². The van der Waals surface area contributed by atoms with Crippen molar-refractivity contribution in [3.05, 3.63) is 12.3 Å². The summed E-state index contributed by atoms with van der Waals surface area (Å²) >= 11 is 0. The van der Waals surface area contributed by atoms with Crippen LogP contribution in [0.15, 0.2) is 12.3 Å². The smallest absolute Gasteiger partial charge is 0.325 e. The van der Waals surface area contributed by atoms with E-state index < -0.39 is 12.0 Å². The molecule has 0 bridgehead atoms. The molecule has 0 saturated heterocycles. The molecule has 6 nitrogen and oxygen atoms in total. The molecule has 6 heteroatoms. The summed E-state index contributed by atoms with van der Waals surface area (Å²) in [4.78, 5) is 20.5. The van der Waals surface area contributed by atoms with Crippen molar-refractivity contribution in [2.24, 2.45) is 0 Å². The van der Waals surface area contributed by atoms with Crippen LogP contribution in [0.5, 0.6) is 0 Å². The van der Waals surface area contributed by atoms with Crippen LogP contribution in [0.4, 0.5) is 11.8 Å². The van der Waals surface area contributed by atoms with Crippen LogP contribution in [0, 0.1) is 0 Å². The first-order chi connectivity index (χ1) is 7.00. The lowest BCUT2D eigenvalue weighted by Gasteiger charge is -2.13. The third-order valence-corrected chi connectivity index (χ3v) is 1.78. The maximum absolute atomic E-state index is 10.6. The quantitative estimate of drug-likeness (QED) is 0.750. The fourth-order valence-corrected chi connectivity index (χ4v) is 0.928. The normalized spacial score (nSPS) is 11.9. The van der Waals surface area contributed by atoms with Gasteiger partial charge in [0.2, 0.25) is 5.95 Å². The minimum absolute atomic E-state index is 0.503. The number of carboxylic acids is 1. The topological polar surface area (TPSA) is 78.4 Å². The van der Waals surface area contributed by atoms with Crippen LogP contribution in [-0.4, -0.2) is 41.2 Å². The highest BCUT2D eigenvalue weighted by Gasteiger charge is 2.11. The maximum Gasteiger partial charge on any atom is 0.325 e. The number of nitrogens with one attached hydrogen (secondary N) is 1. The Bertz CT molecular complexity index is 354. The zero-order valence-corrected chi connectivity index (χ0v) is 8.93. The first-order valence-corrected chi connectivity index (χ1v) is 4.50. The van der Waals surface area contributed by atoms with Gasteiger partial charge in [-0.15, -0.1) is 0 Å². The fourth-order valence-electron chi connectivity index (χ4n) is 0.928. The molecule has 0 saturated carbocycles. The van der Waals surface area contributed by atoms with Crippen molar-refractivity contribution in [2.75, 3.05) is 24.3 Å². The van der Waals surface area contributed by atoms with Gasteiger partial charge in [-0.3, -0.25) is 4.79 Å². The molecule has 1 rings (SSSR count). The molecule has 0 aromatic carbocycles. The van der Waals surface area contributed by atoms with Gasteiger partial charge in [0.1, 0.15) is 11.9 Å². The van der Waals surface area contributed by atoms with Crippen LogP contribution in [0.25, 0.3) is 0 Å². The Hall–Kier alpha value is -1.85. The minimum atomic E-state index is -0.917. The first kappa shape index (κ1) is 11.2. The van der Waals surface area contributed by atoms with E-state index in [1.807, 2.05) is 14.1 Å². The van der Waals surface area contributed by atoms with E-state index in [4.69, 9.17) is 5.11 Å². The lowest BCUT2D eigenvalue weighted by Crippen LogP contribution is -2.26. The Morgan fingerprint density at radius 3 is 2.80 bits per heavy atom. The van der Waals surface area contributed by atoms with Crippen molar-refractivity contribution >= 4 is 17.7 Å². The molecule has 0 amide bonds. The van der Waals surface area contributed by atoms with E-state index in [1.54, 1.807) is 24.1 Å². The van der Waals surface area contributed by atoms with E-state index in [-0.39, 0.29) is 0 Å². The van der Waals surface area contributed by atoms with Crippen molar-refractivity contribution in [3.8, 4) is 0 Å². The summed E-state index contributed by atoms with van der Waals surface area (Å²) in [7, 11) is 3.64. The number of carboxylic acid groups (broad SMARTS) is 1. The molecule has 2 N–H and O–H groups in total. The number of nitrogens with zero attached hydrogens (tertiary/aromatic N) is 3. The third kappa shape index (κ3) is 3.08. The summed E-state index contributed by atoms with van der Waals surface area (Å²) in [6.07, 6.45) is 1.58.